The topological polar surface area (TPSA) is 98.2 Å². The van der Waals surface area contributed by atoms with E-state index in [4.69, 9.17) is 0 Å². The average Bonchev–Trinajstić information content (AvgIpc) is 3.61. The number of likely N-dealkylation sites (tertiary alicyclic amines) is 1. The SMILES string of the molecule is Cn1ccnc1CN1CC[C@H](n2c(=O)n(-c3ccc(-c4ccccc4)cc3)c3ccc(C(=O)O)nc32)C1. The summed E-state index contributed by atoms with van der Waals surface area (Å²) in [4.78, 5) is 36.7. The van der Waals surface area contributed by atoms with Crippen molar-refractivity contribution in [1.82, 2.24) is 28.6 Å². The number of fused-ring (bicyclic) bond motifs is 1. The van der Waals surface area contributed by atoms with E-state index >= 15 is 0 Å². The highest BCUT2D eigenvalue weighted by Gasteiger charge is 2.30. The molecule has 1 aliphatic rings. The van der Waals surface area contributed by atoms with Gasteiger partial charge in [0.25, 0.3) is 0 Å². The first-order chi connectivity index (χ1) is 18.0. The molecule has 1 fully saturated rings. The largest absolute Gasteiger partial charge is 0.477 e. The number of hydrogen-bond acceptors (Lipinski definition) is 5. The Hall–Kier alpha value is -4.50. The van der Waals surface area contributed by atoms with E-state index < -0.39 is 5.97 Å². The van der Waals surface area contributed by atoms with Gasteiger partial charge >= 0.3 is 11.7 Å². The van der Waals surface area contributed by atoms with Gasteiger partial charge in [0, 0.05) is 32.5 Å². The van der Waals surface area contributed by atoms with Crippen LogP contribution >= 0.6 is 0 Å². The lowest BCUT2D eigenvalue weighted by Crippen LogP contribution is -2.29. The summed E-state index contributed by atoms with van der Waals surface area (Å²) >= 11 is 0. The Morgan fingerprint density at radius 3 is 2.49 bits per heavy atom. The van der Waals surface area contributed by atoms with Gasteiger partial charge < -0.3 is 9.67 Å². The van der Waals surface area contributed by atoms with Crippen molar-refractivity contribution in [3.63, 3.8) is 0 Å². The summed E-state index contributed by atoms with van der Waals surface area (Å²) in [5.41, 5.74) is 3.53. The predicted octanol–water partition coefficient (Wildman–Crippen LogP) is 3.73. The Labute approximate surface area is 212 Å². The van der Waals surface area contributed by atoms with Crippen molar-refractivity contribution in [1.29, 1.82) is 0 Å². The van der Waals surface area contributed by atoms with Crippen molar-refractivity contribution in [3.8, 4) is 16.8 Å². The number of aryl methyl sites for hydroxylation is 1. The summed E-state index contributed by atoms with van der Waals surface area (Å²) in [6.07, 6.45) is 4.46. The molecule has 0 radical (unpaired) electrons. The lowest BCUT2D eigenvalue weighted by molar-refractivity contribution is 0.0691. The van der Waals surface area contributed by atoms with Crippen LogP contribution in [-0.2, 0) is 13.6 Å². The molecule has 9 nitrogen and oxygen atoms in total. The van der Waals surface area contributed by atoms with Crippen molar-refractivity contribution < 1.29 is 9.90 Å². The summed E-state index contributed by atoms with van der Waals surface area (Å²) in [5.74, 6) is -0.163. The molecular weight excluding hydrogens is 468 g/mol. The Kier molecular flexibility index (Phi) is 5.69. The number of carbonyl (C=O) groups is 1. The maximum absolute atomic E-state index is 13.9. The van der Waals surface area contributed by atoms with Gasteiger partial charge in [-0.2, -0.15) is 0 Å². The Balaban J connectivity index is 1.41. The minimum Gasteiger partial charge on any atom is -0.477 e. The molecule has 0 aliphatic carbocycles. The molecule has 5 aromatic rings. The summed E-state index contributed by atoms with van der Waals surface area (Å²) in [5, 5.41) is 9.57. The number of hydrogen-bond donors (Lipinski definition) is 1. The summed E-state index contributed by atoms with van der Waals surface area (Å²) in [6, 6.07) is 20.9. The number of nitrogens with zero attached hydrogens (tertiary/aromatic N) is 6. The third kappa shape index (κ3) is 4.13. The maximum Gasteiger partial charge on any atom is 0.354 e. The fourth-order valence-electron chi connectivity index (χ4n) is 5.14. The minimum absolute atomic E-state index is 0.0827. The van der Waals surface area contributed by atoms with Crippen LogP contribution in [-0.4, -0.2) is 52.7 Å². The van der Waals surface area contributed by atoms with Gasteiger partial charge in [0.2, 0.25) is 0 Å². The first-order valence-corrected chi connectivity index (χ1v) is 12.2. The number of carboxylic acids is 1. The highest BCUT2D eigenvalue weighted by Crippen LogP contribution is 2.28. The van der Waals surface area contributed by atoms with E-state index in [0.717, 1.165) is 29.9 Å². The van der Waals surface area contributed by atoms with Gasteiger partial charge in [-0.25, -0.2) is 19.6 Å². The van der Waals surface area contributed by atoms with E-state index in [-0.39, 0.29) is 17.4 Å². The molecule has 4 heterocycles. The molecule has 0 amide bonds. The van der Waals surface area contributed by atoms with Crippen LogP contribution in [0.5, 0.6) is 0 Å². The van der Waals surface area contributed by atoms with E-state index in [1.807, 2.05) is 72.4 Å². The lowest BCUT2D eigenvalue weighted by Gasteiger charge is -2.16. The van der Waals surface area contributed by atoms with Crippen LogP contribution in [0.3, 0.4) is 0 Å². The van der Waals surface area contributed by atoms with Crippen molar-refractivity contribution >= 4 is 17.1 Å². The normalized spacial score (nSPS) is 16.0. The fraction of sp³-hybridized carbons (Fsp3) is 0.214. The number of pyridine rings is 1. The molecule has 0 unspecified atom stereocenters. The smallest absolute Gasteiger partial charge is 0.354 e. The van der Waals surface area contributed by atoms with Gasteiger partial charge in [-0.05, 0) is 41.8 Å². The van der Waals surface area contributed by atoms with Gasteiger partial charge in [0.15, 0.2) is 11.3 Å². The van der Waals surface area contributed by atoms with E-state index in [1.165, 1.54) is 6.07 Å². The molecule has 0 spiro atoms. The van der Waals surface area contributed by atoms with Gasteiger partial charge in [0.05, 0.1) is 23.8 Å². The van der Waals surface area contributed by atoms with Gasteiger partial charge in [-0.1, -0.05) is 42.5 Å². The van der Waals surface area contributed by atoms with Crippen molar-refractivity contribution in [2.45, 2.75) is 19.0 Å². The van der Waals surface area contributed by atoms with Crippen molar-refractivity contribution in [2.24, 2.45) is 7.05 Å². The van der Waals surface area contributed by atoms with Crippen molar-refractivity contribution in [3.05, 3.63) is 101 Å². The number of carboxylic acid groups (broad SMARTS) is 1. The second-order valence-corrected chi connectivity index (χ2v) is 9.38. The molecule has 186 valence electrons. The summed E-state index contributed by atoms with van der Waals surface area (Å²) in [7, 11) is 1.97. The van der Waals surface area contributed by atoms with E-state index in [0.29, 0.717) is 29.9 Å². The number of aromatic nitrogens is 5. The molecule has 2 aromatic carbocycles. The zero-order chi connectivity index (χ0) is 25.5. The van der Waals surface area contributed by atoms with Crippen LogP contribution in [0.15, 0.2) is 83.9 Å². The molecular formula is C28H26N6O3. The highest BCUT2D eigenvalue weighted by atomic mass is 16.4. The Morgan fingerprint density at radius 2 is 1.78 bits per heavy atom. The Morgan fingerprint density at radius 1 is 1.03 bits per heavy atom. The van der Waals surface area contributed by atoms with Crippen molar-refractivity contribution in [2.75, 3.05) is 13.1 Å². The van der Waals surface area contributed by atoms with Crippen LogP contribution in [0.2, 0.25) is 0 Å². The molecule has 9 heteroatoms. The minimum atomic E-state index is -1.12. The molecule has 0 bridgehead atoms. The summed E-state index contributed by atoms with van der Waals surface area (Å²) in [6.45, 7) is 2.14. The zero-order valence-electron chi connectivity index (χ0n) is 20.4. The van der Waals surface area contributed by atoms with E-state index in [2.05, 4.69) is 14.9 Å². The van der Waals surface area contributed by atoms with E-state index in [1.54, 1.807) is 21.4 Å². The second-order valence-electron chi connectivity index (χ2n) is 9.38. The number of aromatic carboxylic acids is 1. The molecule has 0 saturated carbocycles. The molecule has 1 N–H and O–H groups in total. The van der Waals surface area contributed by atoms with E-state index in [9.17, 15) is 14.7 Å². The molecule has 1 atom stereocenters. The van der Waals surface area contributed by atoms with Gasteiger partial charge in [-0.15, -0.1) is 0 Å². The van der Waals surface area contributed by atoms with Crippen LogP contribution < -0.4 is 5.69 Å². The molecule has 3 aromatic heterocycles. The zero-order valence-corrected chi connectivity index (χ0v) is 20.4. The van der Waals surface area contributed by atoms with Gasteiger partial charge in [-0.3, -0.25) is 14.0 Å². The first kappa shape index (κ1) is 22.9. The second kappa shape index (κ2) is 9.18. The number of imidazole rings is 2. The Bertz CT molecular complexity index is 1650. The average molecular weight is 495 g/mol. The van der Waals surface area contributed by atoms with Crippen LogP contribution in [0, 0.1) is 0 Å². The van der Waals surface area contributed by atoms with Crippen LogP contribution in [0.4, 0.5) is 0 Å². The summed E-state index contributed by atoms with van der Waals surface area (Å²) < 4.78 is 5.29. The molecule has 6 rings (SSSR count). The molecule has 1 aliphatic heterocycles. The third-order valence-electron chi connectivity index (χ3n) is 7.07. The molecule has 1 saturated heterocycles. The van der Waals surface area contributed by atoms with Gasteiger partial charge in [0.1, 0.15) is 5.82 Å². The third-order valence-corrected chi connectivity index (χ3v) is 7.07. The number of rotatable bonds is 6. The standard InChI is InChI=1S/C28H26N6O3/c1-31-16-14-29-25(31)18-32-15-13-22(17-32)34-26-24(12-11-23(30-26)27(35)36)33(28(34)37)21-9-7-20(8-10-21)19-5-3-2-4-6-19/h2-12,14,16,22H,13,15,17-18H2,1H3,(H,35,36)/t22-/m0/s1. The highest BCUT2D eigenvalue weighted by molar-refractivity contribution is 5.88. The predicted molar refractivity (Wildman–Crippen MR) is 140 cm³/mol. The fourth-order valence-corrected chi connectivity index (χ4v) is 5.14. The lowest BCUT2D eigenvalue weighted by atomic mass is 10.1. The molecule has 37 heavy (non-hydrogen) atoms. The monoisotopic (exact) mass is 494 g/mol. The quantitative estimate of drug-likeness (QED) is 0.386. The number of benzene rings is 2. The van der Waals surface area contributed by atoms with Crippen LogP contribution in [0.25, 0.3) is 28.0 Å². The van der Waals surface area contributed by atoms with Crippen LogP contribution in [0.1, 0.15) is 28.8 Å². The maximum atomic E-state index is 13.9. The first-order valence-electron chi connectivity index (χ1n) is 12.2.